The van der Waals surface area contributed by atoms with Crippen molar-refractivity contribution >= 4 is 0 Å². The summed E-state index contributed by atoms with van der Waals surface area (Å²) in [6, 6.07) is 4.45. The van der Waals surface area contributed by atoms with E-state index in [9.17, 15) is 0 Å². The van der Waals surface area contributed by atoms with E-state index in [1.54, 1.807) is 7.11 Å². The fourth-order valence-electron chi connectivity index (χ4n) is 2.89. The van der Waals surface area contributed by atoms with Crippen LogP contribution in [0.25, 0.3) is 0 Å². The van der Waals surface area contributed by atoms with Crippen molar-refractivity contribution in [3.63, 3.8) is 0 Å². The van der Waals surface area contributed by atoms with Crippen molar-refractivity contribution in [3.05, 3.63) is 28.8 Å². The number of benzene rings is 1. The van der Waals surface area contributed by atoms with Gasteiger partial charge in [0.15, 0.2) is 0 Å². The summed E-state index contributed by atoms with van der Waals surface area (Å²) in [6.07, 6.45) is 0.939. The Morgan fingerprint density at radius 3 is 2.33 bits per heavy atom. The van der Waals surface area contributed by atoms with Gasteiger partial charge in [-0.25, -0.2) is 0 Å². The van der Waals surface area contributed by atoms with Gasteiger partial charge in [-0.1, -0.05) is 26.0 Å². The van der Waals surface area contributed by atoms with Crippen LogP contribution in [0, 0.1) is 13.8 Å². The van der Waals surface area contributed by atoms with Gasteiger partial charge in [0.2, 0.25) is 0 Å². The van der Waals surface area contributed by atoms with Gasteiger partial charge in [-0.2, -0.15) is 0 Å². The van der Waals surface area contributed by atoms with Crippen LogP contribution in [0.1, 0.15) is 56.8 Å². The number of aryl methyl sites for hydroxylation is 1. The van der Waals surface area contributed by atoms with Gasteiger partial charge in [0.25, 0.3) is 0 Å². The van der Waals surface area contributed by atoms with Crippen molar-refractivity contribution < 1.29 is 9.47 Å². The summed E-state index contributed by atoms with van der Waals surface area (Å²) in [5.74, 6) is 0.973. The monoisotopic (exact) mass is 293 g/mol. The molecule has 1 aromatic carbocycles. The molecule has 0 aliphatic carbocycles. The number of ether oxygens (including phenoxy) is 2. The second-order valence-corrected chi connectivity index (χ2v) is 5.72. The standard InChI is InChI=1S/C18H31NO2/c1-8-18(6,21-10-3)17(19-9-2)15-12-11-13(4)14(5)16(15)20-7/h11-12,17,19H,8-10H2,1-7H3. The predicted octanol–water partition coefficient (Wildman–Crippen LogP) is 4.17. The lowest BCUT2D eigenvalue weighted by Crippen LogP contribution is -2.43. The molecule has 3 heteroatoms. The van der Waals surface area contributed by atoms with Crippen molar-refractivity contribution in [1.29, 1.82) is 0 Å². The fourth-order valence-corrected chi connectivity index (χ4v) is 2.89. The Morgan fingerprint density at radius 1 is 1.19 bits per heavy atom. The number of hydrogen-bond donors (Lipinski definition) is 1. The van der Waals surface area contributed by atoms with Crippen LogP contribution in [0.3, 0.4) is 0 Å². The van der Waals surface area contributed by atoms with Crippen molar-refractivity contribution in [2.24, 2.45) is 0 Å². The summed E-state index contributed by atoms with van der Waals surface area (Å²) in [5, 5.41) is 3.59. The van der Waals surface area contributed by atoms with Gasteiger partial charge in [-0.3, -0.25) is 0 Å². The third kappa shape index (κ3) is 3.78. The highest BCUT2D eigenvalue weighted by atomic mass is 16.5. The zero-order chi connectivity index (χ0) is 16.0. The van der Waals surface area contributed by atoms with Gasteiger partial charge in [-0.15, -0.1) is 0 Å². The first kappa shape index (κ1) is 18.0. The molecule has 1 aromatic rings. The molecule has 0 aliphatic heterocycles. The highest BCUT2D eigenvalue weighted by molar-refractivity contribution is 5.47. The number of hydrogen-bond acceptors (Lipinski definition) is 3. The molecule has 1 N–H and O–H groups in total. The van der Waals surface area contributed by atoms with Crippen LogP contribution in [0.5, 0.6) is 5.75 Å². The Hall–Kier alpha value is -1.06. The van der Waals surface area contributed by atoms with Gasteiger partial charge in [0.05, 0.1) is 18.8 Å². The molecule has 0 aliphatic rings. The molecule has 3 nitrogen and oxygen atoms in total. The summed E-state index contributed by atoms with van der Waals surface area (Å²) in [5.41, 5.74) is 3.38. The quantitative estimate of drug-likeness (QED) is 0.780. The summed E-state index contributed by atoms with van der Waals surface area (Å²) >= 11 is 0. The molecule has 0 radical (unpaired) electrons. The molecule has 2 unspecified atom stereocenters. The van der Waals surface area contributed by atoms with E-state index >= 15 is 0 Å². The Balaban J connectivity index is 3.38. The van der Waals surface area contributed by atoms with Gasteiger partial charge in [-0.05, 0) is 51.8 Å². The maximum atomic E-state index is 6.10. The molecule has 0 aromatic heterocycles. The minimum absolute atomic E-state index is 0.113. The molecular weight excluding hydrogens is 262 g/mol. The molecule has 0 spiro atoms. The molecule has 21 heavy (non-hydrogen) atoms. The minimum Gasteiger partial charge on any atom is -0.496 e. The van der Waals surface area contributed by atoms with E-state index in [2.05, 4.69) is 59.0 Å². The lowest BCUT2D eigenvalue weighted by molar-refractivity contribution is -0.0564. The molecule has 0 fully saturated rings. The molecule has 120 valence electrons. The number of rotatable bonds is 8. The predicted molar refractivity (Wildman–Crippen MR) is 89.2 cm³/mol. The number of nitrogens with one attached hydrogen (secondary N) is 1. The van der Waals surface area contributed by atoms with E-state index in [1.807, 2.05) is 0 Å². The van der Waals surface area contributed by atoms with Crippen molar-refractivity contribution in [3.8, 4) is 5.75 Å². The van der Waals surface area contributed by atoms with E-state index in [0.717, 1.165) is 18.7 Å². The molecule has 1 rings (SSSR count). The van der Waals surface area contributed by atoms with Crippen molar-refractivity contribution in [1.82, 2.24) is 5.32 Å². The maximum absolute atomic E-state index is 6.10. The third-order valence-corrected chi connectivity index (χ3v) is 4.42. The van der Waals surface area contributed by atoms with E-state index in [-0.39, 0.29) is 11.6 Å². The van der Waals surface area contributed by atoms with Gasteiger partial charge >= 0.3 is 0 Å². The lowest BCUT2D eigenvalue weighted by atomic mass is 9.85. The lowest BCUT2D eigenvalue weighted by Gasteiger charge is -2.38. The second-order valence-electron chi connectivity index (χ2n) is 5.72. The Labute approximate surface area is 130 Å². The number of methoxy groups -OCH3 is 1. The van der Waals surface area contributed by atoms with Crippen LogP contribution in [0.15, 0.2) is 12.1 Å². The molecule has 0 amide bonds. The van der Waals surface area contributed by atoms with Gasteiger partial charge in [0, 0.05) is 12.2 Å². The normalized spacial score (nSPS) is 15.6. The van der Waals surface area contributed by atoms with Crippen LogP contribution < -0.4 is 10.1 Å². The van der Waals surface area contributed by atoms with Crippen LogP contribution >= 0.6 is 0 Å². The van der Waals surface area contributed by atoms with Crippen LogP contribution in [-0.4, -0.2) is 25.9 Å². The molecular formula is C18H31NO2. The average molecular weight is 293 g/mol. The molecule has 0 saturated carbocycles. The smallest absolute Gasteiger partial charge is 0.126 e. The summed E-state index contributed by atoms with van der Waals surface area (Å²) in [7, 11) is 1.75. The maximum Gasteiger partial charge on any atom is 0.126 e. The Kier molecular flexibility index (Phi) is 6.69. The van der Waals surface area contributed by atoms with Crippen LogP contribution in [-0.2, 0) is 4.74 Å². The fraction of sp³-hybridized carbons (Fsp3) is 0.667. The van der Waals surface area contributed by atoms with E-state index in [4.69, 9.17) is 9.47 Å². The number of likely N-dealkylation sites (N-methyl/N-ethyl adjacent to an activating group) is 1. The minimum atomic E-state index is -0.250. The van der Waals surface area contributed by atoms with E-state index in [1.165, 1.54) is 16.7 Å². The molecule has 0 bridgehead atoms. The Bertz CT molecular complexity index is 459. The zero-order valence-corrected chi connectivity index (χ0v) is 14.7. The van der Waals surface area contributed by atoms with Crippen LogP contribution in [0.2, 0.25) is 0 Å². The first-order valence-electron chi connectivity index (χ1n) is 7.96. The second kappa shape index (κ2) is 7.81. The summed E-state index contributed by atoms with van der Waals surface area (Å²) < 4.78 is 11.8. The summed E-state index contributed by atoms with van der Waals surface area (Å²) in [4.78, 5) is 0. The molecule has 0 heterocycles. The topological polar surface area (TPSA) is 30.5 Å². The molecule has 0 saturated heterocycles. The van der Waals surface area contributed by atoms with Crippen molar-refractivity contribution in [2.45, 2.75) is 59.6 Å². The van der Waals surface area contributed by atoms with Gasteiger partial charge < -0.3 is 14.8 Å². The average Bonchev–Trinajstić information content (AvgIpc) is 2.48. The Morgan fingerprint density at radius 2 is 1.86 bits per heavy atom. The third-order valence-electron chi connectivity index (χ3n) is 4.42. The molecule has 2 atom stereocenters. The van der Waals surface area contributed by atoms with Crippen molar-refractivity contribution in [2.75, 3.05) is 20.3 Å². The SMILES string of the molecule is CCNC(c1ccc(C)c(C)c1OC)C(C)(CC)OCC. The first-order chi connectivity index (χ1) is 9.95. The summed E-state index contributed by atoms with van der Waals surface area (Å²) in [6.45, 7) is 14.4. The van der Waals surface area contributed by atoms with E-state index < -0.39 is 0 Å². The van der Waals surface area contributed by atoms with Crippen LogP contribution in [0.4, 0.5) is 0 Å². The highest BCUT2D eigenvalue weighted by Gasteiger charge is 2.36. The first-order valence-corrected chi connectivity index (χ1v) is 7.96. The van der Waals surface area contributed by atoms with Gasteiger partial charge in [0.1, 0.15) is 5.75 Å². The zero-order valence-electron chi connectivity index (χ0n) is 14.7. The van der Waals surface area contributed by atoms with E-state index in [0.29, 0.717) is 6.61 Å². The highest BCUT2D eigenvalue weighted by Crippen LogP contribution is 2.39. The largest absolute Gasteiger partial charge is 0.496 e.